The largest absolute Gasteiger partial charge is 0.340 e. The lowest BCUT2D eigenvalue weighted by Crippen LogP contribution is -2.53. The average Bonchev–Trinajstić information content (AvgIpc) is 2.65. The number of benzene rings is 1. The number of hydrogen-bond donors (Lipinski definition) is 2. The number of nitrogens with zero attached hydrogens (tertiary/aromatic N) is 2. The molecule has 7 heteroatoms. The summed E-state index contributed by atoms with van der Waals surface area (Å²) in [4.78, 5) is 29.3. The third-order valence-electron chi connectivity index (χ3n) is 5.90. The molecule has 1 aromatic carbocycles. The molecule has 6 nitrogen and oxygen atoms in total. The number of piperazine rings is 1. The predicted octanol–water partition coefficient (Wildman–Crippen LogP) is 2.20. The van der Waals surface area contributed by atoms with Crippen molar-refractivity contribution in [3.8, 4) is 0 Å². The van der Waals surface area contributed by atoms with E-state index in [-0.39, 0.29) is 24.2 Å². The molecule has 0 aromatic heterocycles. The molecule has 2 N–H and O–H groups in total. The zero-order chi connectivity index (χ0) is 19.4. The molecule has 0 unspecified atom stereocenters. The Morgan fingerprint density at radius 1 is 1.18 bits per heavy atom. The van der Waals surface area contributed by atoms with Crippen molar-refractivity contribution in [2.45, 2.75) is 39.7 Å². The van der Waals surface area contributed by atoms with Crippen LogP contribution in [0.1, 0.15) is 30.9 Å². The van der Waals surface area contributed by atoms with Crippen LogP contribution < -0.4 is 10.6 Å². The van der Waals surface area contributed by atoms with Gasteiger partial charge in [0.25, 0.3) is 0 Å². The molecule has 2 saturated heterocycles. The van der Waals surface area contributed by atoms with E-state index in [0.717, 1.165) is 43.7 Å². The first-order valence-corrected chi connectivity index (χ1v) is 10.0. The Kier molecular flexibility index (Phi) is 8.28. The number of anilines is 1. The van der Waals surface area contributed by atoms with Gasteiger partial charge in [-0.15, -0.1) is 12.4 Å². The van der Waals surface area contributed by atoms with Crippen molar-refractivity contribution in [2.24, 2.45) is 5.92 Å². The molecule has 0 saturated carbocycles. The topological polar surface area (TPSA) is 64.7 Å². The van der Waals surface area contributed by atoms with E-state index in [9.17, 15) is 9.59 Å². The minimum atomic E-state index is 0. The number of carbonyl (C=O) groups is 2. The first-order chi connectivity index (χ1) is 12.9. The van der Waals surface area contributed by atoms with Gasteiger partial charge in [-0.3, -0.25) is 14.5 Å². The minimum absolute atomic E-state index is 0. The van der Waals surface area contributed by atoms with Crippen molar-refractivity contribution in [2.75, 3.05) is 44.6 Å². The maximum absolute atomic E-state index is 12.7. The number of piperidine rings is 1. The maximum atomic E-state index is 12.7. The molecule has 0 spiro atoms. The van der Waals surface area contributed by atoms with Gasteiger partial charge in [0.2, 0.25) is 11.8 Å². The summed E-state index contributed by atoms with van der Waals surface area (Å²) in [6, 6.07) is 6.37. The standard InChI is InChI=1S/C21H32N4O2.ClH/c1-15-5-4-6-19(17(15)3)23-20(26)14-24-9-11-25(12-10-24)21(27)18-7-8-22-16(2)13-18;/h4-6,16,18,22H,7-14H2,1-3H3,(H,23,26);1H/t16-,18-;/m0./s1. The van der Waals surface area contributed by atoms with Gasteiger partial charge < -0.3 is 15.5 Å². The predicted molar refractivity (Wildman–Crippen MR) is 115 cm³/mol. The minimum Gasteiger partial charge on any atom is -0.340 e. The van der Waals surface area contributed by atoms with Crippen LogP contribution in [0.2, 0.25) is 0 Å². The molecule has 0 aliphatic carbocycles. The second kappa shape index (κ2) is 10.2. The number of carbonyl (C=O) groups excluding carboxylic acids is 2. The van der Waals surface area contributed by atoms with Crippen LogP contribution in [0.25, 0.3) is 0 Å². The Balaban J connectivity index is 0.00000280. The Hall–Kier alpha value is -1.63. The van der Waals surface area contributed by atoms with Crippen molar-refractivity contribution in [1.29, 1.82) is 0 Å². The van der Waals surface area contributed by atoms with Crippen LogP contribution in [-0.4, -0.2) is 66.9 Å². The Morgan fingerprint density at radius 2 is 1.89 bits per heavy atom. The molecule has 0 bridgehead atoms. The molecular weight excluding hydrogens is 376 g/mol. The van der Waals surface area contributed by atoms with Gasteiger partial charge in [0.1, 0.15) is 0 Å². The highest BCUT2D eigenvalue weighted by atomic mass is 35.5. The van der Waals surface area contributed by atoms with Gasteiger partial charge >= 0.3 is 0 Å². The first-order valence-electron chi connectivity index (χ1n) is 10.0. The van der Waals surface area contributed by atoms with Crippen molar-refractivity contribution >= 4 is 29.9 Å². The van der Waals surface area contributed by atoms with Crippen molar-refractivity contribution in [3.05, 3.63) is 29.3 Å². The molecule has 2 atom stereocenters. The number of nitrogens with one attached hydrogen (secondary N) is 2. The number of rotatable bonds is 4. The van der Waals surface area contributed by atoms with Gasteiger partial charge in [0.05, 0.1) is 6.54 Å². The maximum Gasteiger partial charge on any atom is 0.238 e. The Bertz CT molecular complexity index is 689. The van der Waals surface area contributed by atoms with E-state index in [1.165, 1.54) is 5.56 Å². The van der Waals surface area contributed by atoms with Gasteiger partial charge in [0.15, 0.2) is 0 Å². The summed E-state index contributed by atoms with van der Waals surface area (Å²) in [6.07, 6.45) is 1.86. The molecule has 2 fully saturated rings. The molecule has 3 rings (SSSR count). The molecule has 2 amide bonds. The fraction of sp³-hybridized carbons (Fsp3) is 0.619. The van der Waals surface area contributed by atoms with Crippen LogP contribution in [0.4, 0.5) is 5.69 Å². The molecule has 2 aliphatic heterocycles. The highest BCUT2D eigenvalue weighted by molar-refractivity contribution is 5.93. The molecule has 2 heterocycles. The quantitative estimate of drug-likeness (QED) is 0.801. The van der Waals surface area contributed by atoms with Gasteiger partial charge in [-0.2, -0.15) is 0 Å². The Morgan fingerprint density at radius 3 is 2.57 bits per heavy atom. The van der Waals surface area contributed by atoms with Crippen LogP contribution >= 0.6 is 12.4 Å². The second-order valence-electron chi connectivity index (χ2n) is 7.97. The zero-order valence-electron chi connectivity index (χ0n) is 17.2. The fourth-order valence-electron chi connectivity index (χ4n) is 4.02. The molecule has 156 valence electrons. The summed E-state index contributed by atoms with van der Waals surface area (Å²) in [6.45, 7) is 10.5. The lowest BCUT2D eigenvalue weighted by molar-refractivity contribution is -0.138. The summed E-state index contributed by atoms with van der Waals surface area (Å²) in [5, 5.41) is 6.42. The van der Waals surface area contributed by atoms with E-state index in [1.54, 1.807) is 0 Å². The van der Waals surface area contributed by atoms with E-state index >= 15 is 0 Å². The average molecular weight is 409 g/mol. The second-order valence-corrected chi connectivity index (χ2v) is 7.97. The molecule has 2 aliphatic rings. The molecular formula is C21H33ClN4O2. The van der Waals surface area contributed by atoms with Crippen molar-refractivity contribution in [3.63, 3.8) is 0 Å². The zero-order valence-corrected chi connectivity index (χ0v) is 18.0. The van der Waals surface area contributed by atoms with Crippen LogP contribution in [0.5, 0.6) is 0 Å². The first kappa shape index (κ1) is 22.7. The molecule has 1 aromatic rings. The van der Waals surface area contributed by atoms with Gasteiger partial charge in [-0.1, -0.05) is 12.1 Å². The summed E-state index contributed by atoms with van der Waals surface area (Å²) in [5.74, 6) is 0.457. The number of hydrogen-bond acceptors (Lipinski definition) is 4. The lowest BCUT2D eigenvalue weighted by Gasteiger charge is -2.37. The van der Waals surface area contributed by atoms with Crippen molar-refractivity contribution < 1.29 is 9.59 Å². The van der Waals surface area contributed by atoms with Crippen LogP contribution in [0, 0.1) is 19.8 Å². The van der Waals surface area contributed by atoms with E-state index in [1.807, 2.05) is 36.9 Å². The van der Waals surface area contributed by atoms with Crippen LogP contribution in [0.3, 0.4) is 0 Å². The smallest absolute Gasteiger partial charge is 0.238 e. The fourth-order valence-corrected chi connectivity index (χ4v) is 4.02. The number of amides is 2. The summed E-state index contributed by atoms with van der Waals surface area (Å²) in [7, 11) is 0. The highest BCUT2D eigenvalue weighted by Crippen LogP contribution is 2.20. The van der Waals surface area contributed by atoms with E-state index < -0.39 is 0 Å². The third kappa shape index (κ3) is 5.69. The van der Waals surface area contributed by atoms with Crippen LogP contribution in [-0.2, 0) is 9.59 Å². The van der Waals surface area contributed by atoms with Crippen LogP contribution in [0.15, 0.2) is 18.2 Å². The van der Waals surface area contributed by atoms with Gasteiger partial charge in [-0.25, -0.2) is 0 Å². The SMILES string of the molecule is Cc1cccc(NC(=O)CN2CCN(C(=O)[C@H]3CCN[C@@H](C)C3)CC2)c1C.Cl. The highest BCUT2D eigenvalue weighted by Gasteiger charge is 2.30. The van der Waals surface area contributed by atoms with Gasteiger partial charge in [0, 0.05) is 43.8 Å². The van der Waals surface area contributed by atoms with Gasteiger partial charge in [-0.05, 0) is 57.4 Å². The summed E-state index contributed by atoms with van der Waals surface area (Å²) in [5.41, 5.74) is 3.17. The monoisotopic (exact) mass is 408 g/mol. The Labute approximate surface area is 174 Å². The summed E-state index contributed by atoms with van der Waals surface area (Å²) < 4.78 is 0. The molecule has 28 heavy (non-hydrogen) atoms. The number of halogens is 1. The van der Waals surface area contributed by atoms with E-state index in [2.05, 4.69) is 22.5 Å². The van der Waals surface area contributed by atoms with E-state index in [0.29, 0.717) is 31.6 Å². The van der Waals surface area contributed by atoms with Crippen molar-refractivity contribution in [1.82, 2.24) is 15.1 Å². The summed E-state index contributed by atoms with van der Waals surface area (Å²) >= 11 is 0. The third-order valence-corrected chi connectivity index (χ3v) is 5.90. The van der Waals surface area contributed by atoms with E-state index in [4.69, 9.17) is 0 Å². The number of aryl methyl sites for hydroxylation is 1. The lowest BCUT2D eigenvalue weighted by atomic mass is 9.92. The normalized spacial score (nSPS) is 23.0. The molecule has 0 radical (unpaired) electrons.